The van der Waals surface area contributed by atoms with Crippen LogP contribution in [0.15, 0.2) is 81.7 Å². The lowest BCUT2D eigenvalue weighted by atomic mass is 10.1. The molecule has 0 saturated heterocycles. The minimum atomic E-state index is -0.438. The highest BCUT2D eigenvalue weighted by Crippen LogP contribution is 2.27. The van der Waals surface area contributed by atoms with Crippen LogP contribution in [0.25, 0.3) is 22.7 Å². The second-order valence-electron chi connectivity index (χ2n) is 7.33. The number of halogens is 2. The minimum Gasteiger partial charge on any atom is -0.423 e. The van der Waals surface area contributed by atoms with Crippen molar-refractivity contribution in [3.8, 4) is 5.75 Å². The lowest BCUT2D eigenvalue weighted by Crippen LogP contribution is -2.11. The fraction of sp³-hybridized carbons (Fsp3) is 0.120. The molecule has 0 radical (unpaired) electrons. The number of rotatable bonds is 5. The highest BCUT2D eigenvalue weighted by Gasteiger charge is 2.19. The molecule has 0 atom stereocenters. The Kier molecular flexibility index (Phi) is 6.39. The van der Waals surface area contributed by atoms with E-state index in [1.54, 1.807) is 12.1 Å². The number of aromatic nitrogens is 2. The van der Waals surface area contributed by atoms with Crippen molar-refractivity contribution in [2.45, 2.75) is 19.9 Å². The van der Waals surface area contributed by atoms with Gasteiger partial charge in [-0.25, -0.2) is 9.78 Å². The molecule has 0 aliphatic rings. The number of benzene rings is 3. The van der Waals surface area contributed by atoms with Gasteiger partial charge in [0.05, 0.1) is 16.6 Å². The number of fused-ring (bicyclic) bond motifs is 1. The second kappa shape index (κ2) is 9.20. The monoisotopic (exact) mass is 538 g/mol. The Labute approximate surface area is 197 Å². The molecule has 3 aromatic carbocycles. The Morgan fingerprint density at radius 2 is 1.55 bits per heavy atom. The van der Waals surface area contributed by atoms with Gasteiger partial charge in [0.15, 0.2) is 0 Å². The summed E-state index contributed by atoms with van der Waals surface area (Å²) in [5.74, 6) is 0.752. The molecule has 4 rings (SSSR count). The predicted octanol–water partition coefficient (Wildman–Crippen LogP) is 7.29. The number of ether oxygens (including phenoxy) is 1. The zero-order valence-corrected chi connectivity index (χ0v) is 20.2. The quantitative estimate of drug-likeness (QED) is 0.152. The van der Waals surface area contributed by atoms with E-state index < -0.39 is 5.97 Å². The van der Waals surface area contributed by atoms with E-state index in [4.69, 9.17) is 9.72 Å². The first kappa shape index (κ1) is 21.5. The zero-order chi connectivity index (χ0) is 22.0. The lowest BCUT2D eigenvalue weighted by Gasteiger charge is -2.13. The standard InChI is InChI=1S/C25H20Br2N2O2/c1-16(2)29-23-6-4-3-5-22(23)28-24(29)15-21(17-7-9-18(26)10-8-17)25(30)31-20-13-11-19(27)12-14-20/h3-16H,1-2H3/b21-15+. The minimum absolute atomic E-state index is 0.173. The van der Waals surface area contributed by atoms with Gasteiger partial charge >= 0.3 is 5.97 Å². The molecule has 0 aliphatic carbocycles. The fourth-order valence-electron chi connectivity index (χ4n) is 3.39. The summed E-state index contributed by atoms with van der Waals surface area (Å²) in [7, 11) is 0. The van der Waals surface area contributed by atoms with Crippen LogP contribution in [0.4, 0.5) is 0 Å². The van der Waals surface area contributed by atoms with Crippen molar-refractivity contribution in [3.05, 3.63) is 93.1 Å². The predicted molar refractivity (Wildman–Crippen MR) is 132 cm³/mol. The summed E-state index contributed by atoms with van der Waals surface area (Å²) in [6.07, 6.45) is 1.81. The average Bonchev–Trinajstić information content (AvgIpc) is 3.12. The van der Waals surface area contributed by atoms with Gasteiger partial charge in [-0.2, -0.15) is 0 Å². The van der Waals surface area contributed by atoms with Gasteiger partial charge in [-0.15, -0.1) is 0 Å². The van der Waals surface area contributed by atoms with Gasteiger partial charge in [0.25, 0.3) is 0 Å². The van der Waals surface area contributed by atoms with Crippen molar-refractivity contribution in [1.82, 2.24) is 9.55 Å². The summed E-state index contributed by atoms with van der Waals surface area (Å²) in [5, 5.41) is 0. The van der Waals surface area contributed by atoms with E-state index in [1.165, 1.54) is 0 Å². The number of hydrogen-bond acceptors (Lipinski definition) is 3. The summed E-state index contributed by atoms with van der Waals surface area (Å²) >= 11 is 6.86. The first-order chi connectivity index (χ1) is 14.9. The molecule has 156 valence electrons. The Hall–Kier alpha value is -2.70. The highest BCUT2D eigenvalue weighted by atomic mass is 79.9. The molecular formula is C25H20Br2N2O2. The van der Waals surface area contributed by atoms with Crippen molar-refractivity contribution >= 4 is 60.5 Å². The molecule has 4 aromatic rings. The third kappa shape index (κ3) is 4.81. The third-order valence-corrected chi connectivity index (χ3v) is 5.87. The number of esters is 1. The Morgan fingerprint density at radius 3 is 2.19 bits per heavy atom. The molecule has 0 amide bonds. The molecule has 0 unspecified atom stereocenters. The summed E-state index contributed by atoms with van der Waals surface area (Å²) in [5.41, 5.74) is 3.11. The van der Waals surface area contributed by atoms with Gasteiger partial charge in [-0.05, 0) is 74.0 Å². The molecule has 0 bridgehead atoms. The maximum absolute atomic E-state index is 13.2. The van der Waals surface area contributed by atoms with Crippen LogP contribution < -0.4 is 4.74 Å². The van der Waals surface area contributed by atoms with E-state index in [0.29, 0.717) is 17.1 Å². The van der Waals surface area contributed by atoms with Crippen LogP contribution in [-0.4, -0.2) is 15.5 Å². The molecule has 0 spiro atoms. The van der Waals surface area contributed by atoms with Crippen molar-refractivity contribution < 1.29 is 9.53 Å². The molecule has 1 aromatic heterocycles. The van der Waals surface area contributed by atoms with E-state index in [9.17, 15) is 4.79 Å². The number of carbonyl (C=O) groups excluding carboxylic acids is 1. The maximum atomic E-state index is 13.2. The molecule has 0 aliphatic heterocycles. The molecular weight excluding hydrogens is 520 g/mol. The summed E-state index contributed by atoms with van der Waals surface area (Å²) in [6.45, 7) is 4.20. The summed E-state index contributed by atoms with van der Waals surface area (Å²) in [4.78, 5) is 18.0. The van der Waals surface area contributed by atoms with Crippen LogP contribution in [-0.2, 0) is 4.79 Å². The van der Waals surface area contributed by atoms with Crippen LogP contribution in [0.3, 0.4) is 0 Å². The highest BCUT2D eigenvalue weighted by molar-refractivity contribution is 9.10. The average molecular weight is 540 g/mol. The Balaban J connectivity index is 1.83. The molecule has 0 N–H and O–H groups in total. The first-order valence-corrected chi connectivity index (χ1v) is 11.4. The van der Waals surface area contributed by atoms with E-state index in [0.717, 1.165) is 25.5 Å². The van der Waals surface area contributed by atoms with Crippen molar-refractivity contribution in [1.29, 1.82) is 0 Å². The van der Waals surface area contributed by atoms with E-state index >= 15 is 0 Å². The van der Waals surface area contributed by atoms with Crippen LogP contribution in [0.2, 0.25) is 0 Å². The molecule has 0 saturated carbocycles. The van der Waals surface area contributed by atoms with Crippen molar-refractivity contribution in [3.63, 3.8) is 0 Å². The second-order valence-corrected chi connectivity index (χ2v) is 9.16. The van der Waals surface area contributed by atoms with Gasteiger partial charge in [-0.1, -0.05) is 56.1 Å². The number of para-hydroxylation sites is 2. The molecule has 1 heterocycles. The van der Waals surface area contributed by atoms with Crippen molar-refractivity contribution in [2.24, 2.45) is 0 Å². The van der Waals surface area contributed by atoms with Crippen LogP contribution >= 0.6 is 31.9 Å². The van der Waals surface area contributed by atoms with Crippen LogP contribution in [0.5, 0.6) is 5.75 Å². The third-order valence-electron chi connectivity index (χ3n) is 4.81. The van der Waals surface area contributed by atoms with E-state index in [1.807, 2.05) is 66.7 Å². The SMILES string of the molecule is CC(C)n1c(/C=C(/C(=O)Oc2ccc(Br)cc2)c2ccc(Br)cc2)nc2ccccc21. The first-order valence-electron chi connectivity index (χ1n) is 9.85. The summed E-state index contributed by atoms with van der Waals surface area (Å²) in [6, 6.07) is 22.9. The number of hydrogen-bond donors (Lipinski definition) is 0. The Morgan fingerprint density at radius 1 is 0.935 bits per heavy atom. The largest absolute Gasteiger partial charge is 0.423 e. The van der Waals surface area contributed by atoms with Gasteiger partial charge < -0.3 is 9.30 Å². The maximum Gasteiger partial charge on any atom is 0.344 e. The number of carbonyl (C=O) groups is 1. The lowest BCUT2D eigenvalue weighted by molar-refractivity contribution is -0.127. The smallest absolute Gasteiger partial charge is 0.344 e. The topological polar surface area (TPSA) is 44.1 Å². The van der Waals surface area contributed by atoms with Gasteiger partial charge in [-0.3, -0.25) is 0 Å². The number of nitrogens with zero attached hydrogens (tertiary/aromatic N) is 2. The fourth-order valence-corrected chi connectivity index (χ4v) is 3.92. The number of imidazole rings is 1. The van der Waals surface area contributed by atoms with E-state index in [-0.39, 0.29) is 6.04 Å². The van der Waals surface area contributed by atoms with Gasteiger partial charge in [0.1, 0.15) is 11.6 Å². The van der Waals surface area contributed by atoms with Crippen LogP contribution in [0.1, 0.15) is 31.3 Å². The molecule has 31 heavy (non-hydrogen) atoms. The molecule has 4 nitrogen and oxygen atoms in total. The van der Waals surface area contributed by atoms with E-state index in [2.05, 4.69) is 50.3 Å². The van der Waals surface area contributed by atoms with Gasteiger partial charge in [0, 0.05) is 15.0 Å². The normalized spacial score (nSPS) is 11.8. The molecule has 6 heteroatoms. The summed E-state index contributed by atoms with van der Waals surface area (Å²) < 4.78 is 9.67. The van der Waals surface area contributed by atoms with Crippen molar-refractivity contribution in [2.75, 3.05) is 0 Å². The van der Waals surface area contributed by atoms with Crippen LogP contribution in [0, 0.1) is 0 Å². The van der Waals surface area contributed by atoms with Gasteiger partial charge in [0.2, 0.25) is 0 Å². The zero-order valence-electron chi connectivity index (χ0n) is 17.0. The molecule has 0 fully saturated rings. The Bertz CT molecular complexity index is 1260.